The molecule has 2 aromatic rings. The van der Waals surface area contributed by atoms with Crippen LogP contribution in [0.3, 0.4) is 0 Å². The molecule has 1 aliphatic heterocycles. The predicted octanol–water partition coefficient (Wildman–Crippen LogP) is 0.672. The Morgan fingerprint density at radius 2 is 2.33 bits per heavy atom. The highest BCUT2D eigenvalue weighted by molar-refractivity contribution is 5.48. The zero-order chi connectivity index (χ0) is 14.7. The number of aromatic nitrogens is 2. The Balaban J connectivity index is 1.84. The van der Waals surface area contributed by atoms with Crippen LogP contribution in [0.4, 0.5) is 5.82 Å². The van der Waals surface area contributed by atoms with E-state index in [1.165, 1.54) is 4.40 Å². The van der Waals surface area contributed by atoms with E-state index in [0.29, 0.717) is 24.6 Å². The molecule has 0 amide bonds. The van der Waals surface area contributed by atoms with Crippen molar-refractivity contribution in [2.45, 2.75) is 18.9 Å². The number of nitrogens with zero attached hydrogens (tertiary/aromatic N) is 3. The summed E-state index contributed by atoms with van der Waals surface area (Å²) < 4.78 is 7.13. The molecular weight excluding hydrogens is 270 g/mol. The fourth-order valence-corrected chi connectivity index (χ4v) is 2.70. The Bertz CT molecular complexity index is 671. The van der Waals surface area contributed by atoms with Gasteiger partial charge in [0.1, 0.15) is 11.5 Å². The highest BCUT2D eigenvalue weighted by Crippen LogP contribution is 2.19. The fourth-order valence-electron chi connectivity index (χ4n) is 2.70. The molecule has 3 heterocycles. The smallest absolute Gasteiger partial charge is 0.259 e. The van der Waals surface area contributed by atoms with Gasteiger partial charge in [-0.15, -0.1) is 0 Å². The largest absolute Gasteiger partial charge is 0.394 e. The van der Waals surface area contributed by atoms with E-state index in [0.717, 1.165) is 19.4 Å². The van der Waals surface area contributed by atoms with Crippen LogP contribution in [0.1, 0.15) is 12.8 Å². The van der Waals surface area contributed by atoms with E-state index in [9.17, 15) is 4.79 Å². The van der Waals surface area contributed by atoms with E-state index in [-0.39, 0.29) is 18.3 Å². The molecule has 6 nitrogen and oxygen atoms in total. The lowest BCUT2D eigenvalue weighted by molar-refractivity contribution is 0.0213. The third-order valence-electron chi connectivity index (χ3n) is 3.70. The van der Waals surface area contributed by atoms with Crippen molar-refractivity contribution in [3.63, 3.8) is 0 Å². The maximum absolute atomic E-state index is 12.1. The maximum Gasteiger partial charge on any atom is 0.259 e. The number of piperidine rings is 1. The minimum absolute atomic E-state index is 0.0338. The van der Waals surface area contributed by atoms with Gasteiger partial charge >= 0.3 is 0 Å². The van der Waals surface area contributed by atoms with Gasteiger partial charge in [0.05, 0.1) is 19.3 Å². The number of pyridine rings is 1. The van der Waals surface area contributed by atoms with Crippen molar-refractivity contribution in [3.8, 4) is 0 Å². The second-order valence-corrected chi connectivity index (χ2v) is 5.19. The summed E-state index contributed by atoms with van der Waals surface area (Å²) in [5.41, 5.74) is 0.576. The molecule has 1 N–H and O–H groups in total. The number of anilines is 1. The minimum Gasteiger partial charge on any atom is -0.394 e. The SMILES string of the molecule is O=c1cc(N2CCCC(OCCO)C2)nc2ccccn12. The van der Waals surface area contributed by atoms with E-state index in [4.69, 9.17) is 9.84 Å². The standard InChI is InChI=1S/C15H19N3O3/c19-8-9-21-12-4-3-6-17(11-12)14-10-15(20)18-7-2-1-5-13(18)16-14/h1-2,5,7,10,12,19H,3-4,6,8-9,11H2. The molecule has 0 aromatic carbocycles. The highest BCUT2D eigenvalue weighted by Gasteiger charge is 2.22. The number of hydrogen-bond acceptors (Lipinski definition) is 5. The second kappa shape index (κ2) is 6.24. The summed E-state index contributed by atoms with van der Waals surface area (Å²) >= 11 is 0. The molecular formula is C15H19N3O3. The molecule has 21 heavy (non-hydrogen) atoms. The third kappa shape index (κ3) is 3.06. The number of aliphatic hydroxyl groups is 1. The average molecular weight is 289 g/mol. The van der Waals surface area contributed by atoms with Crippen LogP contribution in [0, 0.1) is 0 Å². The van der Waals surface area contributed by atoms with Crippen molar-refractivity contribution in [2.24, 2.45) is 0 Å². The molecule has 0 radical (unpaired) electrons. The zero-order valence-corrected chi connectivity index (χ0v) is 11.8. The van der Waals surface area contributed by atoms with Crippen LogP contribution in [-0.2, 0) is 4.74 Å². The normalized spacial score (nSPS) is 19.1. The van der Waals surface area contributed by atoms with Gasteiger partial charge < -0.3 is 14.7 Å². The van der Waals surface area contributed by atoms with Crippen LogP contribution in [0.25, 0.3) is 5.65 Å². The van der Waals surface area contributed by atoms with Gasteiger partial charge in [0.2, 0.25) is 0 Å². The molecule has 0 saturated carbocycles. The highest BCUT2D eigenvalue weighted by atomic mass is 16.5. The lowest BCUT2D eigenvalue weighted by atomic mass is 10.1. The van der Waals surface area contributed by atoms with Crippen LogP contribution in [0.15, 0.2) is 35.3 Å². The van der Waals surface area contributed by atoms with Crippen molar-refractivity contribution in [2.75, 3.05) is 31.2 Å². The molecule has 0 bridgehead atoms. The van der Waals surface area contributed by atoms with Gasteiger partial charge in [-0.1, -0.05) is 6.07 Å². The molecule has 1 unspecified atom stereocenters. The molecule has 2 aromatic heterocycles. The fraction of sp³-hybridized carbons (Fsp3) is 0.467. The first-order valence-electron chi connectivity index (χ1n) is 7.24. The van der Waals surface area contributed by atoms with Crippen molar-refractivity contribution < 1.29 is 9.84 Å². The average Bonchev–Trinajstić information content (AvgIpc) is 2.53. The summed E-state index contributed by atoms with van der Waals surface area (Å²) in [5.74, 6) is 0.698. The molecule has 6 heteroatoms. The molecule has 0 aliphatic carbocycles. The van der Waals surface area contributed by atoms with E-state index in [1.54, 1.807) is 12.3 Å². The lowest BCUT2D eigenvalue weighted by Crippen LogP contribution is -2.41. The molecule has 3 rings (SSSR count). The van der Waals surface area contributed by atoms with E-state index in [1.807, 2.05) is 18.2 Å². The molecule has 112 valence electrons. The van der Waals surface area contributed by atoms with E-state index >= 15 is 0 Å². The van der Waals surface area contributed by atoms with Crippen LogP contribution < -0.4 is 10.5 Å². The van der Waals surface area contributed by atoms with Crippen LogP contribution >= 0.6 is 0 Å². The summed E-state index contributed by atoms with van der Waals surface area (Å²) in [6, 6.07) is 7.08. The molecule has 1 fully saturated rings. The number of fused-ring (bicyclic) bond motifs is 1. The third-order valence-corrected chi connectivity index (χ3v) is 3.70. The summed E-state index contributed by atoms with van der Waals surface area (Å²) in [6.45, 7) is 1.96. The van der Waals surface area contributed by atoms with Crippen LogP contribution in [-0.4, -0.2) is 46.9 Å². The zero-order valence-electron chi connectivity index (χ0n) is 11.8. The van der Waals surface area contributed by atoms with Crippen LogP contribution in [0.2, 0.25) is 0 Å². The van der Waals surface area contributed by atoms with Gasteiger partial charge in [-0.25, -0.2) is 4.98 Å². The van der Waals surface area contributed by atoms with Gasteiger partial charge in [-0.05, 0) is 25.0 Å². The Morgan fingerprint density at radius 1 is 1.43 bits per heavy atom. The van der Waals surface area contributed by atoms with Crippen molar-refractivity contribution in [3.05, 3.63) is 40.8 Å². The monoisotopic (exact) mass is 289 g/mol. The quantitative estimate of drug-likeness (QED) is 0.896. The van der Waals surface area contributed by atoms with Gasteiger partial charge in [0, 0.05) is 25.4 Å². The summed E-state index contributed by atoms with van der Waals surface area (Å²) in [7, 11) is 0. The minimum atomic E-state index is -0.0750. The van der Waals surface area contributed by atoms with Gasteiger partial charge in [-0.2, -0.15) is 0 Å². The number of hydrogen-bond donors (Lipinski definition) is 1. The first-order chi connectivity index (χ1) is 10.3. The summed E-state index contributed by atoms with van der Waals surface area (Å²) in [5, 5.41) is 8.84. The topological polar surface area (TPSA) is 67.1 Å². The molecule has 0 spiro atoms. The Hall–Kier alpha value is -1.92. The first kappa shape index (κ1) is 14.0. The first-order valence-corrected chi connectivity index (χ1v) is 7.24. The van der Waals surface area contributed by atoms with Gasteiger partial charge in [-0.3, -0.25) is 9.20 Å². The Labute approximate surface area is 122 Å². The van der Waals surface area contributed by atoms with E-state index < -0.39 is 0 Å². The predicted molar refractivity (Wildman–Crippen MR) is 79.7 cm³/mol. The van der Waals surface area contributed by atoms with E-state index in [2.05, 4.69) is 9.88 Å². The van der Waals surface area contributed by atoms with Gasteiger partial charge in [0.15, 0.2) is 0 Å². The van der Waals surface area contributed by atoms with Gasteiger partial charge in [0.25, 0.3) is 5.56 Å². The number of aliphatic hydroxyl groups excluding tert-OH is 1. The summed E-state index contributed by atoms with van der Waals surface area (Å²) in [6.07, 6.45) is 3.77. The van der Waals surface area contributed by atoms with Crippen molar-refractivity contribution >= 4 is 11.5 Å². The number of rotatable bonds is 4. The van der Waals surface area contributed by atoms with Crippen molar-refractivity contribution in [1.29, 1.82) is 0 Å². The number of ether oxygens (including phenoxy) is 1. The van der Waals surface area contributed by atoms with Crippen LogP contribution in [0.5, 0.6) is 0 Å². The maximum atomic E-state index is 12.1. The molecule has 1 saturated heterocycles. The summed E-state index contributed by atoms with van der Waals surface area (Å²) in [4.78, 5) is 18.8. The lowest BCUT2D eigenvalue weighted by Gasteiger charge is -2.33. The molecule has 1 atom stereocenters. The van der Waals surface area contributed by atoms with Crippen molar-refractivity contribution in [1.82, 2.24) is 9.38 Å². The second-order valence-electron chi connectivity index (χ2n) is 5.19. The Kier molecular flexibility index (Phi) is 4.17. The Morgan fingerprint density at radius 3 is 3.19 bits per heavy atom. The molecule has 1 aliphatic rings.